The van der Waals surface area contributed by atoms with E-state index in [2.05, 4.69) is 6.92 Å². The van der Waals surface area contributed by atoms with Gasteiger partial charge in [0.25, 0.3) is 0 Å². The van der Waals surface area contributed by atoms with Crippen LogP contribution in [0.3, 0.4) is 0 Å². The van der Waals surface area contributed by atoms with Crippen LogP contribution in [0, 0.1) is 0 Å². The molecule has 0 spiro atoms. The molecule has 5 atom stereocenters. The summed E-state index contributed by atoms with van der Waals surface area (Å²) in [5.74, 6) is 0. The van der Waals surface area contributed by atoms with E-state index in [1.54, 1.807) is 0 Å². The van der Waals surface area contributed by atoms with E-state index < -0.39 is 30.7 Å². The second kappa shape index (κ2) is 9.65. The Morgan fingerprint density at radius 3 is 2.20 bits per heavy atom. The molecule has 1 heterocycles. The van der Waals surface area contributed by atoms with Crippen molar-refractivity contribution >= 4 is 0 Å². The molecule has 1 aliphatic heterocycles. The maximum Gasteiger partial charge on any atom is 0.184 e. The highest BCUT2D eigenvalue weighted by Gasteiger charge is 2.42. The Morgan fingerprint density at radius 2 is 1.50 bits per heavy atom. The fraction of sp³-hybridized carbons (Fsp3) is 1.00. The van der Waals surface area contributed by atoms with E-state index in [9.17, 15) is 20.4 Å². The molecular formula is C14H28O6. The van der Waals surface area contributed by atoms with Crippen LogP contribution in [0.4, 0.5) is 0 Å². The Balaban J connectivity index is 2.09. The molecule has 0 aliphatic carbocycles. The lowest BCUT2D eigenvalue weighted by atomic mass is 9.99. The molecule has 20 heavy (non-hydrogen) atoms. The minimum atomic E-state index is -1.49. The number of hydrogen-bond donors (Lipinski definition) is 4. The highest BCUT2D eigenvalue weighted by Crippen LogP contribution is 2.20. The third-order valence-corrected chi connectivity index (χ3v) is 3.61. The molecule has 0 aromatic rings. The van der Waals surface area contributed by atoms with Crippen LogP contribution >= 0.6 is 0 Å². The molecule has 0 amide bonds. The van der Waals surface area contributed by atoms with Crippen LogP contribution in [0.25, 0.3) is 0 Å². The quantitative estimate of drug-likeness (QED) is 0.452. The van der Waals surface area contributed by atoms with Gasteiger partial charge in [0.1, 0.15) is 24.4 Å². The van der Waals surface area contributed by atoms with E-state index in [0.29, 0.717) is 6.61 Å². The predicted molar refractivity (Wildman–Crippen MR) is 73.1 cm³/mol. The van der Waals surface area contributed by atoms with Crippen molar-refractivity contribution in [3.05, 3.63) is 0 Å². The summed E-state index contributed by atoms with van der Waals surface area (Å²) >= 11 is 0. The summed E-state index contributed by atoms with van der Waals surface area (Å²) in [5.41, 5.74) is 0. The monoisotopic (exact) mass is 292 g/mol. The minimum Gasteiger partial charge on any atom is -0.387 e. The van der Waals surface area contributed by atoms with Crippen molar-refractivity contribution in [2.75, 3.05) is 13.2 Å². The average Bonchev–Trinajstić information content (AvgIpc) is 2.44. The van der Waals surface area contributed by atoms with Gasteiger partial charge in [-0.15, -0.1) is 0 Å². The Kier molecular flexibility index (Phi) is 8.60. The van der Waals surface area contributed by atoms with Crippen molar-refractivity contribution in [3.63, 3.8) is 0 Å². The number of unbranched alkanes of at least 4 members (excludes halogenated alkanes) is 5. The van der Waals surface area contributed by atoms with E-state index >= 15 is 0 Å². The summed E-state index contributed by atoms with van der Waals surface area (Å²) in [6, 6.07) is 0. The van der Waals surface area contributed by atoms with Crippen molar-refractivity contribution in [2.24, 2.45) is 0 Å². The molecule has 1 saturated heterocycles. The Labute approximate surface area is 120 Å². The first-order chi connectivity index (χ1) is 9.57. The topological polar surface area (TPSA) is 99.4 Å². The molecule has 120 valence electrons. The summed E-state index contributed by atoms with van der Waals surface area (Å²) in [4.78, 5) is 0. The number of aliphatic hydroxyl groups excluding tert-OH is 4. The summed E-state index contributed by atoms with van der Waals surface area (Å²) in [6.45, 7) is 2.84. The van der Waals surface area contributed by atoms with Crippen LogP contribution in [0.2, 0.25) is 0 Å². The lowest BCUT2D eigenvalue weighted by Crippen LogP contribution is -2.58. The van der Waals surface area contributed by atoms with Gasteiger partial charge in [-0.2, -0.15) is 0 Å². The fourth-order valence-electron chi connectivity index (χ4n) is 2.25. The maximum atomic E-state index is 9.70. The zero-order chi connectivity index (χ0) is 15.0. The first-order valence-electron chi connectivity index (χ1n) is 7.53. The van der Waals surface area contributed by atoms with Crippen molar-refractivity contribution < 1.29 is 29.9 Å². The van der Waals surface area contributed by atoms with Gasteiger partial charge in [0, 0.05) is 6.61 Å². The molecule has 0 aromatic heterocycles. The molecule has 1 rings (SSSR count). The molecular weight excluding hydrogens is 264 g/mol. The molecule has 4 N–H and O–H groups in total. The van der Waals surface area contributed by atoms with Crippen LogP contribution in [-0.4, -0.2) is 64.3 Å². The van der Waals surface area contributed by atoms with Gasteiger partial charge in [-0.05, 0) is 6.42 Å². The van der Waals surface area contributed by atoms with E-state index in [-0.39, 0.29) is 6.61 Å². The summed E-state index contributed by atoms with van der Waals surface area (Å²) in [5, 5.41) is 37.9. The SMILES string of the molecule is CCCCCCCCOC[C@H]1OC(O)[C@@H](O)[C@@H](O)[C@@H]1O. The van der Waals surface area contributed by atoms with Gasteiger partial charge in [0.2, 0.25) is 0 Å². The molecule has 1 aliphatic rings. The lowest BCUT2D eigenvalue weighted by Gasteiger charge is -2.38. The van der Waals surface area contributed by atoms with Crippen LogP contribution in [0.15, 0.2) is 0 Å². The lowest BCUT2D eigenvalue weighted by molar-refractivity contribution is -0.288. The average molecular weight is 292 g/mol. The van der Waals surface area contributed by atoms with Gasteiger partial charge < -0.3 is 29.9 Å². The normalized spacial score (nSPS) is 34.4. The zero-order valence-electron chi connectivity index (χ0n) is 12.1. The maximum absolute atomic E-state index is 9.70. The molecule has 6 heteroatoms. The Hall–Kier alpha value is -0.240. The van der Waals surface area contributed by atoms with Crippen molar-refractivity contribution in [1.82, 2.24) is 0 Å². The molecule has 0 aromatic carbocycles. The van der Waals surface area contributed by atoms with E-state index in [1.807, 2.05) is 0 Å². The standard InChI is InChI=1S/C14H28O6/c1-2-3-4-5-6-7-8-19-9-10-11(15)12(16)13(17)14(18)20-10/h10-18H,2-9H2,1H3/t10-,11-,12+,13+,14?/m1/s1. The highest BCUT2D eigenvalue weighted by atomic mass is 16.6. The molecule has 6 nitrogen and oxygen atoms in total. The molecule has 1 unspecified atom stereocenters. The Morgan fingerprint density at radius 1 is 0.850 bits per heavy atom. The number of hydrogen-bond acceptors (Lipinski definition) is 6. The van der Waals surface area contributed by atoms with Crippen molar-refractivity contribution in [2.45, 2.75) is 76.2 Å². The van der Waals surface area contributed by atoms with Gasteiger partial charge >= 0.3 is 0 Å². The number of aliphatic hydroxyl groups is 4. The van der Waals surface area contributed by atoms with Crippen LogP contribution in [0.1, 0.15) is 45.4 Å². The van der Waals surface area contributed by atoms with Crippen molar-refractivity contribution in [3.8, 4) is 0 Å². The van der Waals surface area contributed by atoms with Gasteiger partial charge in [-0.1, -0.05) is 39.0 Å². The minimum absolute atomic E-state index is 0.0942. The number of ether oxygens (including phenoxy) is 2. The van der Waals surface area contributed by atoms with Crippen molar-refractivity contribution in [1.29, 1.82) is 0 Å². The van der Waals surface area contributed by atoms with E-state index in [0.717, 1.165) is 12.8 Å². The first-order valence-corrected chi connectivity index (χ1v) is 7.53. The van der Waals surface area contributed by atoms with Gasteiger partial charge in [0.05, 0.1) is 6.61 Å². The van der Waals surface area contributed by atoms with Gasteiger partial charge in [0.15, 0.2) is 6.29 Å². The smallest absolute Gasteiger partial charge is 0.184 e. The summed E-state index contributed by atoms with van der Waals surface area (Å²) in [6.07, 6.45) is 0.530. The fourth-order valence-corrected chi connectivity index (χ4v) is 2.25. The zero-order valence-corrected chi connectivity index (χ0v) is 12.1. The van der Waals surface area contributed by atoms with Gasteiger partial charge in [-0.25, -0.2) is 0 Å². The van der Waals surface area contributed by atoms with E-state index in [1.165, 1.54) is 25.7 Å². The molecule has 0 bridgehead atoms. The molecule has 1 fully saturated rings. The van der Waals surface area contributed by atoms with E-state index in [4.69, 9.17) is 9.47 Å². The second-order valence-electron chi connectivity index (χ2n) is 5.38. The van der Waals surface area contributed by atoms with Crippen LogP contribution in [0.5, 0.6) is 0 Å². The largest absolute Gasteiger partial charge is 0.387 e. The summed E-state index contributed by atoms with van der Waals surface area (Å²) in [7, 11) is 0. The Bertz CT molecular complexity index is 250. The van der Waals surface area contributed by atoms with Gasteiger partial charge in [-0.3, -0.25) is 0 Å². The van der Waals surface area contributed by atoms with Crippen LogP contribution < -0.4 is 0 Å². The first kappa shape index (κ1) is 17.8. The number of rotatable bonds is 9. The van der Waals surface area contributed by atoms with Crippen LogP contribution in [-0.2, 0) is 9.47 Å². The summed E-state index contributed by atoms with van der Waals surface area (Å²) < 4.78 is 10.4. The molecule has 0 radical (unpaired) electrons. The second-order valence-corrected chi connectivity index (χ2v) is 5.38. The molecule has 0 saturated carbocycles. The third kappa shape index (κ3) is 5.63. The third-order valence-electron chi connectivity index (χ3n) is 3.61. The highest BCUT2D eigenvalue weighted by molar-refractivity contribution is 4.88. The predicted octanol–water partition coefficient (Wildman–Crippen LogP) is 0.163.